The number of rotatable bonds is 3. The van der Waals surface area contributed by atoms with Gasteiger partial charge in [0.15, 0.2) is 0 Å². The molecule has 0 atom stereocenters. The van der Waals surface area contributed by atoms with E-state index in [1.165, 1.54) is 0 Å². The number of hydrogen-bond acceptors (Lipinski definition) is 4. The van der Waals surface area contributed by atoms with Crippen LogP contribution in [0.25, 0.3) is 11.0 Å². The summed E-state index contributed by atoms with van der Waals surface area (Å²) in [5, 5.41) is 11.0. The minimum atomic E-state index is -0.169. The first kappa shape index (κ1) is 15.3. The molecule has 1 N–H and O–H groups in total. The predicted molar refractivity (Wildman–Crippen MR) is 94.3 cm³/mol. The molecule has 2 aromatic carbocycles. The molecule has 0 spiro atoms. The Morgan fingerprint density at radius 3 is 2.88 bits per heavy atom. The Kier molecular flexibility index (Phi) is 3.68. The molecule has 7 heteroatoms. The highest BCUT2D eigenvalue weighted by atomic mass is 16.2. The van der Waals surface area contributed by atoms with Gasteiger partial charge in [0.05, 0.1) is 5.52 Å². The van der Waals surface area contributed by atoms with E-state index in [0.717, 1.165) is 34.4 Å². The normalized spacial score (nSPS) is 13.1. The molecule has 126 valence electrons. The van der Waals surface area contributed by atoms with Crippen molar-refractivity contribution < 1.29 is 9.59 Å². The van der Waals surface area contributed by atoms with E-state index in [-0.39, 0.29) is 18.4 Å². The van der Waals surface area contributed by atoms with Crippen molar-refractivity contribution in [2.75, 3.05) is 16.8 Å². The van der Waals surface area contributed by atoms with Gasteiger partial charge in [-0.2, -0.15) is 0 Å². The van der Waals surface area contributed by atoms with E-state index in [4.69, 9.17) is 0 Å². The van der Waals surface area contributed by atoms with Gasteiger partial charge in [-0.1, -0.05) is 17.3 Å². The fourth-order valence-electron chi connectivity index (χ4n) is 3.18. The summed E-state index contributed by atoms with van der Waals surface area (Å²) in [6.45, 7) is 2.34. The second kappa shape index (κ2) is 6.01. The molecular formula is C18H17N5O2. The Bertz CT molecular complexity index is 979. The van der Waals surface area contributed by atoms with Crippen molar-refractivity contribution in [3.63, 3.8) is 0 Å². The molecule has 0 aliphatic carbocycles. The van der Waals surface area contributed by atoms with E-state index in [1.807, 2.05) is 42.5 Å². The van der Waals surface area contributed by atoms with Gasteiger partial charge in [0.1, 0.15) is 12.1 Å². The number of benzene rings is 2. The molecule has 1 aromatic heterocycles. The number of amides is 2. The molecule has 0 unspecified atom stereocenters. The zero-order valence-corrected chi connectivity index (χ0v) is 13.8. The van der Waals surface area contributed by atoms with E-state index in [2.05, 4.69) is 15.6 Å². The first-order valence-electron chi connectivity index (χ1n) is 8.11. The van der Waals surface area contributed by atoms with Crippen LogP contribution < -0.4 is 10.2 Å². The summed E-state index contributed by atoms with van der Waals surface area (Å²) in [6, 6.07) is 13.1. The Labute approximate surface area is 144 Å². The van der Waals surface area contributed by atoms with E-state index in [0.29, 0.717) is 6.54 Å². The monoisotopic (exact) mass is 335 g/mol. The van der Waals surface area contributed by atoms with Crippen LogP contribution in [0, 0.1) is 0 Å². The lowest BCUT2D eigenvalue weighted by atomic mass is 10.1. The Morgan fingerprint density at radius 1 is 1.20 bits per heavy atom. The maximum absolute atomic E-state index is 12.3. The molecule has 2 heterocycles. The lowest BCUT2D eigenvalue weighted by Gasteiger charge is -2.15. The van der Waals surface area contributed by atoms with Gasteiger partial charge in [-0.25, -0.2) is 4.68 Å². The van der Waals surface area contributed by atoms with E-state index in [1.54, 1.807) is 16.5 Å². The molecular weight excluding hydrogens is 318 g/mol. The van der Waals surface area contributed by atoms with Crippen LogP contribution in [0.1, 0.15) is 12.5 Å². The number of hydrogen-bond donors (Lipinski definition) is 1. The smallest absolute Gasteiger partial charge is 0.246 e. The van der Waals surface area contributed by atoms with Crippen LogP contribution in [0.5, 0.6) is 0 Å². The van der Waals surface area contributed by atoms with Crippen LogP contribution >= 0.6 is 0 Å². The van der Waals surface area contributed by atoms with Gasteiger partial charge in [-0.05, 0) is 42.3 Å². The topological polar surface area (TPSA) is 80.1 Å². The molecule has 25 heavy (non-hydrogen) atoms. The average Bonchev–Trinajstić information content (AvgIpc) is 3.19. The molecule has 2 amide bonds. The Hall–Kier alpha value is -3.22. The second-order valence-corrected chi connectivity index (χ2v) is 6.05. The van der Waals surface area contributed by atoms with Crippen LogP contribution in [-0.4, -0.2) is 33.4 Å². The first-order chi connectivity index (χ1) is 12.1. The maximum atomic E-state index is 12.3. The third-order valence-corrected chi connectivity index (χ3v) is 4.35. The van der Waals surface area contributed by atoms with Crippen LogP contribution in [0.2, 0.25) is 0 Å². The largest absolute Gasteiger partial charge is 0.324 e. The van der Waals surface area contributed by atoms with Crippen molar-refractivity contribution in [2.45, 2.75) is 19.9 Å². The third kappa shape index (κ3) is 2.84. The highest BCUT2D eigenvalue weighted by Gasteiger charge is 2.22. The standard InChI is InChI=1S/C18H17N5O2/c1-12(24)22-9-8-13-10-14(6-7-16(13)22)19-18(25)11-23-17-5-3-2-4-15(17)20-21-23/h2-7,10H,8-9,11H2,1H3,(H,19,25). The molecule has 3 aromatic rings. The number of nitrogens with one attached hydrogen (secondary N) is 1. The van der Waals surface area contributed by atoms with Gasteiger partial charge in [0, 0.05) is 24.8 Å². The summed E-state index contributed by atoms with van der Waals surface area (Å²) in [4.78, 5) is 25.7. The molecule has 0 bridgehead atoms. The van der Waals surface area contributed by atoms with E-state index in [9.17, 15) is 9.59 Å². The Morgan fingerprint density at radius 2 is 2.04 bits per heavy atom. The summed E-state index contributed by atoms with van der Waals surface area (Å²) in [6.07, 6.45) is 0.798. The number of carbonyl (C=O) groups is 2. The van der Waals surface area contributed by atoms with Crippen molar-refractivity contribution in [1.29, 1.82) is 0 Å². The number of fused-ring (bicyclic) bond motifs is 2. The van der Waals surface area contributed by atoms with Gasteiger partial charge in [0.25, 0.3) is 0 Å². The summed E-state index contributed by atoms with van der Waals surface area (Å²) in [5.74, 6) is -0.134. The van der Waals surface area contributed by atoms with Crippen molar-refractivity contribution >= 4 is 34.2 Å². The van der Waals surface area contributed by atoms with Gasteiger partial charge < -0.3 is 10.2 Å². The lowest BCUT2D eigenvalue weighted by Crippen LogP contribution is -2.25. The van der Waals surface area contributed by atoms with E-state index >= 15 is 0 Å². The zero-order valence-electron chi connectivity index (χ0n) is 13.8. The predicted octanol–water partition coefficient (Wildman–Crippen LogP) is 1.98. The Balaban J connectivity index is 1.49. The molecule has 1 aliphatic heterocycles. The summed E-state index contributed by atoms with van der Waals surface area (Å²) in [5.41, 5.74) is 4.30. The van der Waals surface area contributed by atoms with Gasteiger partial charge >= 0.3 is 0 Å². The molecule has 0 fully saturated rings. The highest BCUT2D eigenvalue weighted by Crippen LogP contribution is 2.30. The fourth-order valence-corrected chi connectivity index (χ4v) is 3.18. The minimum Gasteiger partial charge on any atom is -0.324 e. The number of carbonyl (C=O) groups excluding carboxylic acids is 2. The van der Waals surface area contributed by atoms with Crippen molar-refractivity contribution in [3.05, 3.63) is 48.0 Å². The summed E-state index contributed by atoms with van der Waals surface area (Å²) >= 11 is 0. The molecule has 0 saturated heterocycles. The van der Waals surface area contributed by atoms with Crippen LogP contribution in [0.4, 0.5) is 11.4 Å². The highest BCUT2D eigenvalue weighted by molar-refractivity contribution is 5.95. The molecule has 7 nitrogen and oxygen atoms in total. The fraction of sp³-hybridized carbons (Fsp3) is 0.222. The SMILES string of the molecule is CC(=O)N1CCc2cc(NC(=O)Cn3nnc4ccccc43)ccc21. The second-order valence-electron chi connectivity index (χ2n) is 6.05. The minimum absolute atomic E-state index is 0.0357. The average molecular weight is 335 g/mol. The van der Waals surface area contributed by atoms with E-state index < -0.39 is 0 Å². The number of para-hydroxylation sites is 1. The molecule has 0 radical (unpaired) electrons. The third-order valence-electron chi connectivity index (χ3n) is 4.35. The quantitative estimate of drug-likeness (QED) is 0.794. The number of aromatic nitrogens is 3. The molecule has 4 rings (SSSR count). The summed E-state index contributed by atoms with van der Waals surface area (Å²) in [7, 11) is 0. The van der Waals surface area contributed by atoms with Crippen molar-refractivity contribution in [1.82, 2.24) is 15.0 Å². The van der Waals surface area contributed by atoms with Crippen molar-refractivity contribution in [2.24, 2.45) is 0 Å². The number of nitrogens with zero attached hydrogens (tertiary/aromatic N) is 4. The zero-order chi connectivity index (χ0) is 17.4. The van der Waals surface area contributed by atoms with Crippen LogP contribution in [-0.2, 0) is 22.6 Å². The lowest BCUT2D eigenvalue weighted by molar-refractivity contribution is -0.117. The number of anilines is 2. The van der Waals surface area contributed by atoms with Crippen LogP contribution in [0.3, 0.4) is 0 Å². The molecule has 1 aliphatic rings. The summed E-state index contributed by atoms with van der Waals surface area (Å²) < 4.78 is 1.58. The van der Waals surface area contributed by atoms with Crippen molar-refractivity contribution in [3.8, 4) is 0 Å². The molecule has 0 saturated carbocycles. The maximum Gasteiger partial charge on any atom is 0.246 e. The van der Waals surface area contributed by atoms with Gasteiger partial charge in [-0.15, -0.1) is 5.10 Å². The van der Waals surface area contributed by atoms with Crippen LogP contribution in [0.15, 0.2) is 42.5 Å². The van der Waals surface area contributed by atoms with Gasteiger partial charge in [-0.3, -0.25) is 9.59 Å². The van der Waals surface area contributed by atoms with Gasteiger partial charge in [0.2, 0.25) is 11.8 Å². The first-order valence-corrected chi connectivity index (χ1v) is 8.11.